The summed E-state index contributed by atoms with van der Waals surface area (Å²) in [5.74, 6) is -14.1. The fourth-order valence-corrected chi connectivity index (χ4v) is 11.4. The molecule has 0 saturated carbocycles. The summed E-state index contributed by atoms with van der Waals surface area (Å²) in [6.45, 7) is 3.25. The van der Waals surface area contributed by atoms with Gasteiger partial charge in [-0.05, 0) is 119 Å². The minimum atomic E-state index is -1.81. The number of likely N-dealkylation sites (tertiary alicyclic amines) is 1. The monoisotopic (exact) mass is 1840 g/mol. The molecule has 0 aromatic heterocycles. The number of primary amides is 1. The summed E-state index contributed by atoms with van der Waals surface area (Å²) in [5, 5.41) is 66.0. The van der Waals surface area contributed by atoms with Gasteiger partial charge in [-0.3, -0.25) is 87.9 Å². The smallest absolute Gasteiger partial charge is 0.323 e. The highest BCUT2D eigenvalue weighted by atomic mass is 33.1. The van der Waals surface area contributed by atoms with Crippen LogP contribution in [0.4, 0.5) is 0 Å². The maximum Gasteiger partial charge on any atom is 0.323 e. The first-order chi connectivity index (χ1) is 54.4. The van der Waals surface area contributed by atoms with E-state index in [4.69, 9.17) is 16.3 Å². The quantitative estimate of drug-likeness (QED) is 0.00836. The van der Waals surface area contributed by atoms with E-state index in [9.17, 15) is 97.1 Å². The normalized spacial score (nSPS) is 15.4. The van der Waals surface area contributed by atoms with Gasteiger partial charge in [0.1, 0.15) is 84.0 Å². The van der Waals surface area contributed by atoms with Crippen LogP contribution >= 0.6 is 141 Å². The molecule has 648 valence electrons. The van der Waals surface area contributed by atoms with Gasteiger partial charge in [0, 0.05) is 53.9 Å². The van der Waals surface area contributed by atoms with Gasteiger partial charge in [0.05, 0.1) is 31.7 Å². The number of hydrogen-bond acceptors (Lipinski definition) is 35. The van der Waals surface area contributed by atoms with Crippen molar-refractivity contribution in [2.24, 2.45) is 11.6 Å². The first kappa shape index (κ1) is 109. The number of hydrazine groups is 1. The number of Topliss-reactive ketones (excluding diaryl/α,β-unsaturated/α-hetero) is 2. The van der Waals surface area contributed by atoms with E-state index >= 15 is 0 Å². The van der Waals surface area contributed by atoms with Gasteiger partial charge in [-0.25, -0.2) is 5.43 Å². The number of carboxylic acids is 1. The maximum absolute atomic E-state index is 14.4. The lowest BCUT2D eigenvalue weighted by atomic mass is 10.0. The number of aliphatic carboxylic acids is 1. The molecule has 12 amide bonds. The number of thiol groups is 6. The van der Waals surface area contributed by atoms with E-state index in [1.807, 2.05) is 0 Å². The van der Waals surface area contributed by atoms with Gasteiger partial charge < -0.3 is 89.0 Å². The lowest BCUT2D eigenvalue weighted by molar-refractivity contribution is -0.146. The van der Waals surface area contributed by atoms with Gasteiger partial charge >= 0.3 is 11.9 Å². The van der Waals surface area contributed by atoms with Crippen LogP contribution < -0.4 is 75.5 Å². The molecule has 115 heavy (non-hydrogen) atoms. The number of benzene rings is 2. The van der Waals surface area contributed by atoms with Crippen molar-refractivity contribution in [1.29, 1.82) is 0 Å². The Hall–Kier alpha value is -6.00. The number of nitrogens with two attached hydrogens (primary N) is 2. The summed E-state index contributed by atoms with van der Waals surface area (Å²) in [7, 11) is 10.6. The van der Waals surface area contributed by atoms with Crippen molar-refractivity contribution < 1.29 is 102 Å². The van der Waals surface area contributed by atoms with E-state index in [0.717, 1.165) is 4.90 Å². The van der Waals surface area contributed by atoms with Crippen LogP contribution in [0.25, 0.3) is 0 Å². The topological polar surface area (TPSA) is 563 Å². The Morgan fingerprint density at radius 2 is 0.913 bits per heavy atom. The molecule has 14 atom stereocenters. The largest absolute Gasteiger partial charge is 0.508 e. The number of nitrogens with one attached hydrogen (secondary N) is 12. The number of ether oxygens (including phenoxy) is 1. The number of esters is 1. The predicted molar refractivity (Wildman–Crippen MR) is 469 cm³/mol. The highest BCUT2D eigenvalue weighted by molar-refractivity contribution is 8.76. The number of phenolic OH excluding ortho intramolecular Hbond substituents is 2. The average Bonchev–Trinajstić information content (AvgIpc) is 1.79. The number of carboxylic acid groups (broad SMARTS) is 1. The number of ketones is 2. The van der Waals surface area contributed by atoms with Crippen LogP contribution in [-0.4, -0.2) is 296 Å². The van der Waals surface area contributed by atoms with Crippen molar-refractivity contribution in [2.75, 3.05) is 91.7 Å². The lowest BCUT2D eigenvalue weighted by Crippen LogP contribution is -2.61. The molecule has 2 aromatic rings. The molecule has 0 radical (unpaired) electrons. The Bertz CT molecular complexity index is 3450. The van der Waals surface area contributed by atoms with Gasteiger partial charge in [-0.2, -0.15) is 75.8 Å². The van der Waals surface area contributed by atoms with E-state index in [1.165, 1.54) is 62.4 Å². The van der Waals surface area contributed by atoms with Crippen molar-refractivity contribution in [3.8, 4) is 11.5 Å². The number of carbonyl (C=O) groups excluding carboxylic acids is 15. The minimum absolute atomic E-state index is 0.00855. The van der Waals surface area contributed by atoms with E-state index in [1.54, 1.807) is 71.7 Å². The second kappa shape index (κ2) is 61.3. The van der Waals surface area contributed by atoms with Crippen LogP contribution in [-0.2, 0) is 94.3 Å². The molecule has 5 unspecified atom stereocenters. The molecule has 1 heterocycles. The molecule has 2 aromatic carbocycles. The zero-order valence-corrected chi connectivity index (χ0v) is 74.7. The fourth-order valence-electron chi connectivity index (χ4n) is 9.87. The minimum Gasteiger partial charge on any atom is -0.508 e. The van der Waals surface area contributed by atoms with Crippen molar-refractivity contribution in [2.45, 2.75) is 150 Å². The van der Waals surface area contributed by atoms with Gasteiger partial charge in [0.25, 0.3) is 0 Å². The summed E-state index contributed by atoms with van der Waals surface area (Å²) >= 11 is 24.9. The van der Waals surface area contributed by atoms with Crippen LogP contribution in [0, 0.1) is 0 Å². The SMILES string of the molecule is CCOC(=O)C(Cc1ccc(O)cc1)N[C@@H](CS)C(=O)C(=O)[C@H](CS)NC(=O)C(CCC(=O)O)NC(=O)[C@H](Cc1ccc(O)cc1)NC(=O)C(CS)NC(=O)[C@H](CS)NC(=O)C(CC(N)=O)NC(=O)[C@@H]1CCCN1C(=O)C(C)NC(=O)[C@H](CS)NC(=O)[C@@H](NC(=O)CNC(=O)[C@H](CS)NN)[C@@H](C)O.CSSC.CSSC.CSSC. The average molecular weight is 1840 g/mol. The Morgan fingerprint density at radius 1 is 0.513 bits per heavy atom. The number of aromatic hydroxyl groups is 2. The third kappa shape index (κ3) is 42.0. The standard InChI is InChI=1S/C61H89N15O21S6.3C2H6S2/c1-4-97-61(96)37(19-31-9-13-33(79)14-10-31)66-38(22-98)49(84)50(85)39(23-99)70-52(87)34(15-16-47(82)83)67-53(88)35(18-30-7-11-32(78)12-8-30)68-56(91)41(25-101)72-57(92)42(26-102)71-54(89)36(20-45(62)80)69-58(93)44-6-5-17-76(44)60(95)28(2)65-55(90)40(24-100)73-59(94)48(29(3)77)74-46(81)21-64-51(86)43(27-103)75-63;3*1-3-4-2/h7-14,28-29,34-44,48,66,75,77-79,98-103H,4-6,15-27,63H2,1-3H3,(H2,62,80)(H,64,86)(H,65,90)(H,67,88)(H,68,91)(H,69,93)(H,70,87)(H,71,89)(H,72,92)(H,73,94)(H,74,81)(H,82,83);3*1-2H3/t28?,29-,34?,35+,36?,37?,38+,39+,40+,41?,42+,43+,44+,48+;;;/m1.../s1. The molecular weight excluding hydrogens is 1740 g/mol. The summed E-state index contributed by atoms with van der Waals surface area (Å²) in [6, 6.07) is -8.79. The first-order valence-electron chi connectivity index (χ1n) is 34.8. The summed E-state index contributed by atoms with van der Waals surface area (Å²) < 4.78 is 5.18. The molecule has 1 aliphatic heterocycles. The fraction of sp³-hybridized carbons (Fsp3) is 0.582. The maximum atomic E-state index is 14.4. The van der Waals surface area contributed by atoms with Crippen molar-refractivity contribution in [3.63, 3.8) is 0 Å². The van der Waals surface area contributed by atoms with Gasteiger partial charge in [-0.1, -0.05) is 89.0 Å². The number of aliphatic hydroxyl groups is 1. The number of nitrogens with zero attached hydrogens (tertiary/aromatic N) is 1. The Kier molecular flexibility index (Phi) is 58.1. The predicted octanol–water partition coefficient (Wildman–Crippen LogP) is -2.18. The number of aliphatic hydroxyl groups excluding tert-OH is 1. The molecule has 36 nitrogen and oxygen atoms in total. The van der Waals surface area contributed by atoms with Crippen molar-refractivity contribution in [3.05, 3.63) is 59.7 Å². The van der Waals surface area contributed by atoms with Crippen LogP contribution in [0.2, 0.25) is 0 Å². The molecular formula is C67H107N15O21S12. The molecule has 1 saturated heterocycles. The van der Waals surface area contributed by atoms with E-state index in [-0.39, 0.29) is 61.2 Å². The summed E-state index contributed by atoms with van der Waals surface area (Å²) in [5.41, 5.74) is 8.50. The molecule has 0 bridgehead atoms. The van der Waals surface area contributed by atoms with Gasteiger partial charge in [0.2, 0.25) is 82.5 Å². The zero-order chi connectivity index (χ0) is 87.6. The summed E-state index contributed by atoms with van der Waals surface area (Å²) in [6.07, 6.45) is 8.35. The lowest BCUT2D eigenvalue weighted by Gasteiger charge is -2.29. The molecule has 3 rings (SSSR count). The molecule has 0 aliphatic carbocycles. The van der Waals surface area contributed by atoms with Gasteiger partial charge in [0.15, 0.2) is 0 Å². The van der Waals surface area contributed by atoms with Crippen LogP contribution in [0.1, 0.15) is 64.0 Å². The third-order valence-electron chi connectivity index (χ3n) is 16.0. The third-order valence-corrected chi connectivity index (χ3v) is 22.1. The van der Waals surface area contributed by atoms with Crippen molar-refractivity contribution in [1.82, 2.24) is 68.8 Å². The number of carbonyl (C=O) groups is 16. The summed E-state index contributed by atoms with van der Waals surface area (Å²) in [4.78, 5) is 216. The van der Waals surface area contributed by atoms with E-state index in [0.29, 0.717) is 11.1 Å². The number of phenols is 2. The molecule has 1 fully saturated rings. The van der Waals surface area contributed by atoms with Crippen LogP contribution in [0.15, 0.2) is 48.5 Å². The highest BCUT2D eigenvalue weighted by Gasteiger charge is 2.41. The Morgan fingerprint density at radius 3 is 1.34 bits per heavy atom. The zero-order valence-electron chi connectivity index (χ0n) is 64.5. The number of amides is 12. The first-order valence-corrected chi connectivity index (χ1v) is 47.5. The molecule has 20 N–H and O–H groups in total. The Labute approximate surface area is 724 Å². The number of rotatable bonds is 48. The highest BCUT2D eigenvalue weighted by Crippen LogP contribution is 2.21. The van der Waals surface area contributed by atoms with Gasteiger partial charge in [-0.15, -0.1) is 0 Å². The second-order valence-corrected chi connectivity index (χ2v) is 34.5. The van der Waals surface area contributed by atoms with Crippen molar-refractivity contribution >= 4 is 235 Å². The molecule has 0 spiro atoms. The second-order valence-electron chi connectivity index (χ2n) is 24.3. The molecule has 1 aliphatic rings. The van der Waals surface area contributed by atoms with E-state index < -0.39 is 229 Å². The molecule has 48 heteroatoms. The van der Waals surface area contributed by atoms with Crippen LogP contribution in [0.3, 0.4) is 0 Å². The van der Waals surface area contributed by atoms with Crippen LogP contribution in [0.5, 0.6) is 11.5 Å². The number of hydrogen-bond donors (Lipinski definition) is 24. The Balaban J connectivity index is 0.0000101. The van der Waals surface area contributed by atoms with E-state index in [2.05, 4.69) is 177 Å².